The molecule has 122 valence electrons. The molecule has 6 heteroatoms. The van der Waals surface area contributed by atoms with Crippen molar-refractivity contribution in [1.29, 1.82) is 0 Å². The van der Waals surface area contributed by atoms with Gasteiger partial charge in [0.05, 0.1) is 5.52 Å². The van der Waals surface area contributed by atoms with Gasteiger partial charge in [0.15, 0.2) is 0 Å². The van der Waals surface area contributed by atoms with Gasteiger partial charge in [0, 0.05) is 28.5 Å². The van der Waals surface area contributed by atoms with Crippen molar-refractivity contribution in [3.05, 3.63) is 64.9 Å². The Labute approximate surface area is 148 Å². The Morgan fingerprint density at radius 1 is 1.00 bits per heavy atom. The van der Waals surface area contributed by atoms with E-state index in [0.717, 1.165) is 34.2 Å². The van der Waals surface area contributed by atoms with Gasteiger partial charge in [-0.2, -0.15) is 0 Å². The lowest BCUT2D eigenvalue weighted by Crippen LogP contribution is -2.25. The average molecular weight is 385 g/mol. The Hall–Kier alpha value is -2.47. The summed E-state index contributed by atoms with van der Waals surface area (Å²) >= 11 is 3.36. The molecule has 3 rings (SSSR count). The fourth-order valence-electron chi connectivity index (χ4n) is 2.35. The van der Waals surface area contributed by atoms with Crippen LogP contribution >= 0.6 is 15.9 Å². The molecule has 0 fully saturated rings. The minimum Gasteiger partial charge on any atom is -0.369 e. The lowest BCUT2D eigenvalue weighted by molar-refractivity contribution is 0.0953. The monoisotopic (exact) mass is 384 g/mol. The Bertz CT molecular complexity index is 831. The summed E-state index contributed by atoms with van der Waals surface area (Å²) in [7, 11) is 0. The van der Waals surface area contributed by atoms with Crippen molar-refractivity contribution in [1.82, 2.24) is 15.3 Å². The second kappa shape index (κ2) is 7.88. The van der Waals surface area contributed by atoms with Crippen molar-refractivity contribution in [2.24, 2.45) is 0 Å². The van der Waals surface area contributed by atoms with Crippen LogP contribution in [0.1, 0.15) is 16.8 Å². The Morgan fingerprint density at radius 3 is 2.62 bits per heavy atom. The molecule has 0 radical (unpaired) electrons. The molecule has 2 aromatic carbocycles. The summed E-state index contributed by atoms with van der Waals surface area (Å²) < 4.78 is 0.959. The van der Waals surface area contributed by atoms with Crippen molar-refractivity contribution < 1.29 is 4.79 Å². The molecule has 0 saturated carbocycles. The minimum absolute atomic E-state index is 0.0602. The maximum atomic E-state index is 12.0. The van der Waals surface area contributed by atoms with E-state index in [4.69, 9.17) is 0 Å². The van der Waals surface area contributed by atoms with E-state index in [-0.39, 0.29) is 5.91 Å². The van der Waals surface area contributed by atoms with Crippen LogP contribution in [0.4, 0.5) is 5.82 Å². The van der Waals surface area contributed by atoms with Gasteiger partial charge in [-0.1, -0.05) is 28.1 Å². The van der Waals surface area contributed by atoms with E-state index in [1.165, 1.54) is 0 Å². The molecule has 1 heterocycles. The second-order valence-corrected chi connectivity index (χ2v) is 6.20. The Kier molecular flexibility index (Phi) is 5.38. The van der Waals surface area contributed by atoms with Gasteiger partial charge in [-0.15, -0.1) is 0 Å². The van der Waals surface area contributed by atoms with E-state index in [9.17, 15) is 4.79 Å². The minimum atomic E-state index is -0.0602. The number of halogens is 1. The molecule has 0 spiro atoms. The predicted molar refractivity (Wildman–Crippen MR) is 99.1 cm³/mol. The highest BCUT2D eigenvalue weighted by Crippen LogP contribution is 2.18. The van der Waals surface area contributed by atoms with Crippen LogP contribution in [0.25, 0.3) is 10.9 Å². The van der Waals surface area contributed by atoms with Crippen molar-refractivity contribution in [3.63, 3.8) is 0 Å². The van der Waals surface area contributed by atoms with Crippen LogP contribution in [0.3, 0.4) is 0 Å². The summed E-state index contributed by atoms with van der Waals surface area (Å²) in [5.74, 6) is 0.759. The van der Waals surface area contributed by atoms with Gasteiger partial charge in [0.1, 0.15) is 12.1 Å². The zero-order valence-electron chi connectivity index (χ0n) is 13.0. The van der Waals surface area contributed by atoms with Gasteiger partial charge >= 0.3 is 0 Å². The number of nitrogens with zero attached hydrogens (tertiary/aromatic N) is 2. The van der Waals surface area contributed by atoms with E-state index in [0.29, 0.717) is 12.1 Å². The highest BCUT2D eigenvalue weighted by Gasteiger charge is 2.05. The molecular formula is C18H17BrN4O. The van der Waals surface area contributed by atoms with E-state index >= 15 is 0 Å². The van der Waals surface area contributed by atoms with Crippen molar-refractivity contribution in [3.8, 4) is 0 Å². The molecular weight excluding hydrogens is 368 g/mol. The average Bonchev–Trinajstić information content (AvgIpc) is 2.62. The molecule has 3 aromatic rings. The SMILES string of the molecule is O=C(NCCCNc1ncnc2ccccc12)c1ccc(Br)cc1. The molecule has 0 aliphatic carbocycles. The van der Waals surface area contributed by atoms with Crippen LogP contribution < -0.4 is 10.6 Å². The number of anilines is 1. The quantitative estimate of drug-likeness (QED) is 0.636. The number of para-hydroxylation sites is 1. The van der Waals surface area contributed by atoms with Crippen LogP contribution in [-0.2, 0) is 0 Å². The fraction of sp³-hybridized carbons (Fsp3) is 0.167. The predicted octanol–water partition coefficient (Wildman–Crippen LogP) is 3.62. The highest BCUT2D eigenvalue weighted by atomic mass is 79.9. The van der Waals surface area contributed by atoms with Gasteiger partial charge in [-0.3, -0.25) is 4.79 Å². The number of rotatable bonds is 6. The lowest BCUT2D eigenvalue weighted by atomic mass is 10.2. The molecule has 5 nitrogen and oxygen atoms in total. The number of benzene rings is 2. The van der Waals surface area contributed by atoms with Crippen LogP contribution in [-0.4, -0.2) is 29.0 Å². The van der Waals surface area contributed by atoms with Crippen molar-refractivity contribution >= 4 is 38.6 Å². The summed E-state index contributed by atoms with van der Waals surface area (Å²) in [6, 6.07) is 15.2. The molecule has 0 aliphatic rings. The highest BCUT2D eigenvalue weighted by molar-refractivity contribution is 9.10. The first kappa shape index (κ1) is 16.4. The van der Waals surface area contributed by atoms with Crippen LogP contribution in [0, 0.1) is 0 Å². The third kappa shape index (κ3) is 4.08. The van der Waals surface area contributed by atoms with Crippen molar-refractivity contribution in [2.75, 3.05) is 18.4 Å². The molecule has 1 amide bonds. The van der Waals surface area contributed by atoms with E-state index < -0.39 is 0 Å². The largest absolute Gasteiger partial charge is 0.369 e. The topological polar surface area (TPSA) is 66.9 Å². The molecule has 2 N–H and O–H groups in total. The Balaban J connectivity index is 1.47. The first-order valence-electron chi connectivity index (χ1n) is 7.71. The number of carbonyl (C=O) groups is 1. The first-order valence-corrected chi connectivity index (χ1v) is 8.51. The molecule has 0 atom stereocenters. The van der Waals surface area contributed by atoms with Gasteiger partial charge in [0.2, 0.25) is 0 Å². The van der Waals surface area contributed by atoms with Gasteiger partial charge in [0.25, 0.3) is 5.91 Å². The summed E-state index contributed by atoms with van der Waals surface area (Å²) in [5, 5.41) is 7.21. The Morgan fingerprint density at radius 2 is 1.79 bits per heavy atom. The smallest absolute Gasteiger partial charge is 0.251 e. The molecule has 0 aliphatic heterocycles. The summed E-state index contributed by atoms with van der Waals surface area (Å²) in [5.41, 5.74) is 1.58. The number of aromatic nitrogens is 2. The number of hydrogen-bond donors (Lipinski definition) is 2. The number of hydrogen-bond acceptors (Lipinski definition) is 4. The second-order valence-electron chi connectivity index (χ2n) is 5.28. The molecule has 1 aromatic heterocycles. The third-order valence-electron chi connectivity index (χ3n) is 3.58. The zero-order valence-corrected chi connectivity index (χ0v) is 14.6. The number of carbonyl (C=O) groups excluding carboxylic acids is 1. The summed E-state index contributed by atoms with van der Waals surface area (Å²) in [6.45, 7) is 1.33. The van der Waals surface area contributed by atoms with E-state index in [2.05, 4.69) is 36.5 Å². The van der Waals surface area contributed by atoms with Gasteiger partial charge in [-0.05, 0) is 42.8 Å². The van der Waals surface area contributed by atoms with Gasteiger partial charge in [-0.25, -0.2) is 9.97 Å². The molecule has 0 bridgehead atoms. The molecule has 0 unspecified atom stereocenters. The van der Waals surface area contributed by atoms with Crippen LogP contribution in [0.2, 0.25) is 0 Å². The lowest BCUT2D eigenvalue weighted by Gasteiger charge is -2.09. The number of amides is 1. The summed E-state index contributed by atoms with van der Waals surface area (Å²) in [6.07, 6.45) is 2.36. The zero-order chi connectivity index (χ0) is 16.8. The normalized spacial score (nSPS) is 10.5. The van der Waals surface area contributed by atoms with Crippen LogP contribution in [0.5, 0.6) is 0 Å². The van der Waals surface area contributed by atoms with E-state index in [1.807, 2.05) is 36.4 Å². The summed E-state index contributed by atoms with van der Waals surface area (Å²) in [4.78, 5) is 20.5. The molecule has 24 heavy (non-hydrogen) atoms. The first-order chi connectivity index (χ1) is 11.7. The standard InChI is InChI=1S/C18H17BrN4O/c19-14-8-6-13(7-9-14)18(24)21-11-3-10-20-17-15-4-1-2-5-16(15)22-12-23-17/h1-2,4-9,12H,3,10-11H2,(H,21,24)(H,20,22,23). The van der Waals surface area contributed by atoms with E-state index in [1.54, 1.807) is 18.5 Å². The fourth-order valence-corrected chi connectivity index (χ4v) is 2.61. The molecule has 0 saturated heterocycles. The van der Waals surface area contributed by atoms with Crippen LogP contribution in [0.15, 0.2) is 59.3 Å². The number of fused-ring (bicyclic) bond motifs is 1. The van der Waals surface area contributed by atoms with Gasteiger partial charge < -0.3 is 10.6 Å². The van der Waals surface area contributed by atoms with Crippen molar-refractivity contribution in [2.45, 2.75) is 6.42 Å². The number of nitrogens with one attached hydrogen (secondary N) is 2. The maximum Gasteiger partial charge on any atom is 0.251 e. The third-order valence-corrected chi connectivity index (χ3v) is 4.11. The maximum absolute atomic E-state index is 12.0.